The first kappa shape index (κ1) is 12.9. The van der Waals surface area contributed by atoms with Crippen molar-refractivity contribution in [1.82, 2.24) is 10.2 Å². The third kappa shape index (κ3) is 3.72. The summed E-state index contributed by atoms with van der Waals surface area (Å²) in [7, 11) is 3.78. The molecule has 1 saturated carbocycles. The summed E-state index contributed by atoms with van der Waals surface area (Å²) in [5, 5.41) is 3.36. The van der Waals surface area contributed by atoms with E-state index in [1.807, 2.05) is 7.05 Å². The van der Waals surface area contributed by atoms with Crippen LogP contribution in [0.15, 0.2) is 29.3 Å². The van der Waals surface area contributed by atoms with E-state index < -0.39 is 0 Å². The van der Waals surface area contributed by atoms with Gasteiger partial charge in [-0.05, 0) is 36.5 Å². The van der Waals surface area contributed by atoms with Gasteiger partial charge < -0.3 is 10.2 Å². The predicted molar refractivity (Wildman–Crippen MR) is 72.0 cm³/mol. The van der Waals surface area contributed by atoms with E-state index in [-0.39, 0.29) is 5.82 Å². The molecular weight excluding hydrogens is 229 g/mol. The molecule has 0 radical (unpaired) electrons. The Kier molecular flexibility index (Phi) is 4.18. The van der Waals surface area contributed by atoms with Crippen LogP contribution in [0, 0.1) is 11.7 Å². The molecule has 0 heterocycles. The zero-order valence-electron chi connectivity index (χ0n) is 11.0. The average molecular weight is 249 g/mol. The fourth-order valence-electron chi connectivity index (χ4n) is 1.88. The van der Waals surface area contributed by atoms with Crippen molar-refractivity contribution in [1.29, 1.82) is 0 Å². The van der Waals surface area contributed by atoms with Crippen LogP contribution in [0.25, 0.3) is 0 Å². The van der Waals surface area contributed by atoms with E-state index in [1.165, 1.54) is 25.0 Å². The molecule has 4 heteroatoms. The zero-order valence-corrected chi connectivity index (χ0v) is 11.0. The van der Waals surface area contributed by atoms with Crippen molar-refractivity contribution in [3.63, 3.8) is 0 Å². The molecule has 1 aromatic carbocycles. The number of nitrogens with zero attached hydrogens (tertiary/aromatic N) is 2. The van der Waals surface area contributed by atoms with Gasteiger partial charge in [-0.15, -0.1) is 0 Å². The highest BCUT2D eigenvalue weighted by molar-refractivity contribution is 5.79. The Morgan fingerprint density at radius 3 is 2.61 bits per heavy atom. The SMILES string of the molecule is CN=C(NCC1CC1)N(C)Cc1ccc(F)cc1. The fourth-order valence-corrected chi connectivity index (χ4v) is 1.88. The second kappa shape index (κ2) is 5.85. The van der Waals surface area contributed by atoms with Crippen LogP contribution < -0.4 is 5.32 Å². The van der Waals surface area contributed by atoms with E-state index in [1.54, 1.807) is 19.2 Å². The van der Waals surface area contributed by atoms with Crippen molar-refractivity contribution in [2.45, 2.75) is 19.4 Å². The second-order valence-corrected chi connectivity index (χ2v) is 4.85. The molecule has 0 aliphatic heterocycles. The maximum Gasteiger partial charge on any atom is 0.193 e. The van der Waals surface area contributed by atoms with E-state index in [2.05, 4.69) is 15.2 Å². The lowest BCUT2D eigenvalue weighted by Gasteiger charge is -2.22. The van der Waals surface area contributed by atoms with Crippen LogP contribution >= 0.6 is 0 Å². The third-order valence-corrected chi connectivity index (χ3v) is 3.15. The lowest BCUT2D eigenvalue weighted by Crippen LogP contribution is -2.39. The summed E-state index contributed by atoms with van der Waals surface area (Å²) in [6.07, 6.45) is 2.65. The molecule has 0 unspecified atom stereocenters. The van der Waals surface area contributed by atoms with Gasteiger partial charge in [-0.25, -0.2) is 4.39 Å². The molecule has 0 aromatic heterocycles. The Morgan fingerprint density at radius 2 is 2.06 bits per heavy atom. The third-order valence-electron chi connectivity index (χ3n) is 3.15. The molecule has 0 saturated heterocycles. The Morgan fingerprint density at radius 1 is 1.39 bits per heavy atom. The van der Waals surface area contributed by atoms with Crippen LogP contribution in [-0.2, 0) is 6.54 Å². The first-order chi connectivity index (χ1) is 8.69. The quantitative estimate of drug-likeness (QED) is 0.654. The molecule has 0 atom stereocenters. The molecule has 2 rings (SSSR count). The van der Waals surface area contributed by atoms with Crippen LogP contribution in [0.1, 0.15) is 18.4 Å². The molecular formula is C14H20FN3. The topological polar surface area (TPSA) is 27.6 Å². The Balaban J connectivity index is 1.87. The van der Waals surface area contributed by atoms with Crippen molar-refractivity contribution in [2.75, 3.05) is 20.6 Å². The van der Waals surface area contributed by atoms with Gasteiger partial charge in [0, 0.05) is 27.2 Å². The number of aliphatic imine (C=N–C) groups is 1. The van der Waals surface area contributed by atoms with E-state index >= 15 is 0 Å². The van der Waals surface area contributed by atoms with E-state index in [9.17, 15) is 4.39 Å². The minimum Gasteiger partial charge on any atom is -0.356 e. The summed E-state index contributed by atoms with van der Waals surface area (Å²) in [5.41, 5.74) is 1.08. The number of rotatable bonds is 4. The van der Waals surface area contributed by atoms with Crippen LogP contribution in [-0.4, -0.2) is 31.5 Å². The highest BCUT2D eigenvalue weighted by Gasteiger charge is 2.21. The largest absolute Gasteiger partial charge is 0.356 e. The molecule has 1 aromatic rings. The highest BCUT2D eigenvalue weighted by atomic mass is 19.1. The molecule has 18 heavy (non-hydrogen) atoms. The smallest absolute Gasteiger partial charge is 0.193 e. The van der Waals surface area contributed by atoms with Crippen molar-refractivity contribution >= 4 is 5.96 Å². The van der Waals surface area contributed by atoms with Crippen LogP contribution in [0.3, 0.4) is 0 Å². The highest BCUT2D eigenvalue weighted by Crippen LogP contribution is 2.27. The van der Waals surface area contributed by atoms with Gasteiger partial charge in [0.1, 0.15) is 5.82 Å². The Labute approximate surface area is 108 Å². The van der Waals surface area contributed by atoms with E-state index in [0.29, 0.717) is 0 Å². The van der Waals surface area contributed by atoms with Crippen molar-refractivity contribution < 1.29 is 4.39 Å². The van der Waals surface area contributed by atoms with Crippen molar-refractivity contribution in [2.24, 2.45) is 10.9 Å². The van der Waals surface area contributed by atoms with Gasteiger partial charge >= 0.3 is 0 Å². The molecule has 98 valence electrons. The van der Waals surface area contributed by atoms with Gasteiger partial charge in [0.2, 0.25) is 0 Å². The van der Waals surface area contributed by atoms with Gasteiger partial charge in [0.05, 0.1) is 0 Å². The van der Waals surface area contributed by atoms with Gasteiger partial charge in [-0.1, -0.05) is 12.1 Å². The van der Waals surface area contributed by atoms with E-state index in [0.717, 1.165) is 30.5 Å². The summed E-state index contributed by atoms with van der Waals surface area (Å²) >= 11 is 0. The summed E-state index contributed by atoms with van der Waals surface area (Å²) in [6, 6.07) is 6.59. The van der Waals surface area contributed by atoms with Crippen molar-refractivity contribution in [3.8, 4) is 0 Å². The van der Waals surface area contributed by atoms with Crippen LogP contribution in [0.2, 0.25) is 0 Å². The molecule has 0 amide bonds. The molecule has 1 aliphatic rings. The number of halogens is 1. The lowest BCUT2D eigenvalue weighted by atomic mass is 10.2. The molecule has 0 spiro atoms. The van der Waals surface area contributed by atoms with Gasteiger partial charge in [0.25, 0.3) is 0 Å². The number of hydrogen-bond donors (Lipinski definition) is 1. The fraction of sp³-hybridized carbons (Fsp3) is 0.500. The van der Waals surface area contributed by atoms with Gasteiger partial charge in [-0.3, -0.25) is 4.99 Å². The van der Waals surface area contributed by atoms with Crippen LogP contribution in [0.4, 0.5) is 4.39 Å². The summed E-state index contributed by atoms with van der Waals surface area (Å²) in [4.78, 5) is 6.31. The zero-order chi connectivity index (χ0) is 13.0. The maximum atomic E-state index is 12.8. The lowest BCUT2D eigenvalue weighted by molar-refractivity contribution is 0.474. The minimum absolute atomic E-state index is 0.197. The van der Waals surface area contributed by atoms with E-state index in [4.69, 9.17) is 0 Å². The molecule has 1 aliphatic carbocycles. The Bertz CT molecular complexity index is 410. The predicted octanol–water partition coefficient (Wildman–Crippen LogP) is 2.24. The normalized spacial score (nSPS) is 15.6. The molecule has 1 N–H and O–H groups in total. The summed E-state index contributed by atoms with van der Waals surface area (Å²) in [5.74, 6) is 1.52. The first-order valence-electron chi connectivity index (χ1n) is 6.35. The second-order valence-electron chi connectivity index (χ2n) is 4.85. The molecule has 3 nitrogen and oxygen atoms in total. The number of guanidine groups is 1. The molecule has 0 bridgehead atoms. The summed E-state index contributed by atoms with van der Waals surface area (Å²) < 4.78 is 12.8. The standard InChI is InChI=1S/C14H20FN3/c1-16-14(17-9-11-3-4-11)18(2)10-12-5-7-13(15)8-6-12/h5-8,11H,3-4,9-10H2,1-2H3,(H,16,17). The average Bonchev–Trinajstić information content (AvgIpc) is 3.17. The monoisotopic (exact) mass is 249 g/mol. The first-order valence-corrected chi connectivity index (χ1v) is 6.35. The maximum absolute atomic E-state index is 12.8. The van der Waals surface area contributed by atoms with Gasteiger partial charge in [0.15, 0.2) is 5.96 Å². The minimum atomic E-state index is -0.197. The number of benzene rings is 1. The summed E-state index contributed by atoms with van der Waals surface area (Å²) in [6.45, 7) is 1.73. The number of hydrogen-bond acceptors (Lipinski definition) is 1. The van der Waals surface area contributed by atoms with Crippen LogP contribution in [0.5, 0.6) is 0 Å². The Hall–Kier alpha value is -1.58. The van der Waals surface area contributed by atoms with Gasteiger partial charge in [-0.2, -0.15) is 0 Å². The number of nitrogens with one attached hydrogen (secondary N) is 1. The van der Waals surface area contributed by atoms with Crippen molar-refractivity contribution in [3.05, 3.63) is 35.6 Å². The molecule has 1 fully saturated rings.